The molecule has 0 radical (unpaired) electrons. The van der Waals surface area contributed by atoms with Gasteiger partial charge in [0.2, 0.25) is 0 Å². The molecule has 2 aromatic rings. The van der Waals surface area contributed by atoms with Gasteiger partial charge in [-0.1, -0.05) is 0 Å². The number of nitrogens with zero attached hydrogens (tertiary/aromatic N) is 2. The summed E-state index contributed by atoms with van der Waals surface area (Å²) in [6.45, 7) is 0. The number of nitrogen functional groups attached to an aromatic ring is 1. The van der Waals surface area contributed by atoms with E-state index in [0.717, 1.165) is 11.1 Å². The van der Waals surface area contributed by atoms with Crippen LogP contribution in [0.15, 0.2) is 41.6 Å². The van der Waals surface area contributed by atoms with E-state index in [1.807, 2.05) is 6.26 Å². The highest BCUT2D eigenvalue weighted by Crippen LogP contribution is 2.23. The summed E-state index contributed by atoms with van der Waals surface area (Å²) in [7, 11) is 0. The van der Waals surface area contributed by atoms with Gasteiger partial charge in [-0.25, -0.2) is 4.98 Å². The topological polar surface area (TPSA) is 111 Å². The van der Waals surface area contributed by atoms with E-state index in [0.29, 0.717) is 5.69 Å². The van der Waals surface area contributed by atoms with Gasteiger partial charge in [0.25, 0.3) is 11.6 Å². The molecule has 1 aromatic heterocycles. The standard InChI is InChI=1S/C13H12N4O3S/c1-21-12-5-3-9(7-15-12)16-13(18)8-2-4-10(14)11(6-8)17(19)20/h2-7H,14H2,1H3,(H,16,18). The summed E-state index contributed by atoms with van der Waals surface area (Å²) in [4.78, 5) is 26.4. The van der Waals surface area contributed by atoms with Crippen molar-refractivity contribution in [3.8, 4) is 0 Å². The molecule has 21 heavy (non-hydrogen) atoms. The van der Waals surface area contributed by atoms with Gasteiger partial charge in [0.05, 0.1) is 21.8 Å². The molecule has 0 atom stereocenters. The van der Waals surface area contributed by atoms with Crippen LogP contribution in [0, 0.1) is 10.1 Å². The first kappa shape index (κ1) is 14.8. The van der Waals surface area contributed by atoms with Crippen LogP contribution in [-0.4, -0.2) is 22.1 Å². The van der Waals surface area contributed by atoms with Crippen molar-refractivity contribution in [2.45, 2.75) is 5.03 Å². The molecule has 0 aliphatic carbocycles. The van der Waals surface area contributed by atoms with E-state index in [1.54, 1.807) is 12.1 Å². The summed E-state index contributed by atoms with van der Waals surface area (Å²) < 4.78 is 0. The average Bonchev–Trinajstić information content (AvgIpc) is 2.48. The van der Waals surface area contributed by atoms with E-state index in [4.69, 9.17) is 5.73 Å². The van der Waals surface area contributed by atoms with Gasteiger partial charge >= 0.3 is 0 Å². The van der Waals surface area contributed by atoms with Crippen molar-refractivity contribution in [3.63, 3.8) is 0 Å². The van der Waals surface area contributed by atoms with Crippen molar-refractivity contribution < 1.29 is 9.72 Å². The van der Waals surface area contributed by atoms with Crippen LogP contribution in [-0.2, 0) is 0 Å². The summed E-state index contributed by atoms with van der Waals surface area (Å²) in [6, 6.07) is 7.39. The van der Waals surface area contributed by atoms with E-state index < -0.39 is 10.8 Å². The van der Waals surface area contributed by atoms with Crippen molar-refractivity contribution in [2.75, 3.05) is 17.3 Å². The van der Waals surface area contributed by atoms with Crippen LogP contribution in [0.1, 0.15) is 10.4 Å². The van der Waals surface area contributed by atoms with E-state index in [1.165, 1.54) is 30.1 Å². The Kier molecular flexibility index (Phi) is 4.39. The fourth-order valence-electron chi connectivity index (χ4n) is 1.62. The Balaban J connectivity index is 2.19. The molecule has 0 fully saturated rings. The molecule has 0 unspecified atom stereocenters. The monoisotopic (exact) mass is 304 g/mol. The minimum atomic E-state index is -0.624. The molecule has 0 spiro atoms. The number of nitro groups is 1. The predicted molar refractivity (Wildman–Crippen MR) is 81.5 cm³/mol. The van der Waals surface area contributed by atoms with E-state index in [9.17, 15) is 14.9 Å². The van der Waals surface area contributed by atoms with Crippen molar-refractivity contribution in [1.82, 2.24) is 4.98 Å². The minimum Gasteiger partial charge on any atom is -0.393 e. The lowest BCUT2D eigenvalue weighted by Gasteiger charge is -2.06. The normalized spacial score (nSPS) is 10.1. The number of pyridine rings is 1. The lowest BCUT2D eigenvalue weighted by atomic mass is 10.1. The molecule has 1 amide bonds. The first-order chi connectivity index (χ1) is 10.0. The number of thioether (sulfide) groups is 1. The maximum atomic E-state index is 12.0. The second-order valence-corrected chi connectivity index (χ2v) is 4.90. The van der Waals surface area contributed by atoms with Crippen molar-refractivity contribution in [1.29, 1.82) is 0 Å². The molecule has 7 nitrogen and oxygen atoms in total. The van der Waals surface area contributed by atoms with Gasteiger partial charge < -0.3 is 11.1 Å². The molecule has 8 heteroatoms. The summed E-state index contributed by atoms with van der Waals surface area (Å²) in [6.07, 6.45) is 3.42. The van der Waals surface area contributed by atoms with Gasteiger partial charge in [-0.15, -0.1) is 11.8 Å². The average molecular weight is 304 g/mol. The largest absolute Gasteiger partial charge is 0.393 e. The van der Waals surface area contributed by atoms with Gasteiger partial charge in [-0.2, -0.15) is 0 Å². The molecule has 0 saturated carbocycles. The van der Waals surface area contributed by atoms with Crippen LogP contribution >= 0.6 is 11.8 Å². The Bertz CT molecular complexity index is 688. The second kappa shape index (κ2) is 6.23. The Morgan fingerprint density at radius 3 is 2.71 bits per heavy atom. The SMILES string of the molecule is CSc1ccc(NC(=O)c2ccc(N)c([N+](=O)[O-])c2)cn1. The first-order valence-electron chi connectivity index (χ1n) is 5.86. The zero-order chi connectivity index (χ0) is 15.4. The third-order valence-corrected chi connectivity index (χ3v) is 3.35. The number of aromatic nitrogens is 1. The van der Waals surface area contributed by atoms with Crippen LogP contribution < -0.4 is 11.1 Å². The molecular formula is C13H12N4O3S. The molecule has 0 aliphatic heterocycles. The lowest BCUT2D eigenvalue weighted by molar-refractivity contribution is -0.383. The highest BCUT2D eigenvalue weighted by atomic mass is 32.2. The van der Waals surface area contributed by atoms with Gasteiger partial charge in [0.1, 0.15) is 5.69 Å². The summed E-state index contributed by atoms with van der Waals surface area (Å²) in [5, 5.41) is 14.3. The van der Waals surface area contributed by atoms with E-state index in [-0.39, 0.29) is 16.9 Å². The zero-order valence-corrected chi connectivity index (χ0v) is 11.9. The Morgan fingerprint density at radius 1 is 1.38 bits per heavy atom. The van der Waals surface area contributed by atoms with E-state index >= 15 is 0 Å². The van der Waals surface area contributed by atoms with Crippen LogP contribution in [0.4, 0.5) is 17.1 Å². The Hall–Kier alpha value is -2.61. The molecule has 1 heterocycles. The van der Waals surface area contributed by atoms with Crippen molar-refractivity contribution in [2.24, 2.45) is 0 Å². The third-order valence-electron chi connectivity index (χ3n) is 2.69. The lowest BCUT2D eigenvalue weighted by Crippen LogP contribution is -2.12. The number of amides is 1. The number of carbonyl (C=O) groups excluding carboxylic acids is 1. The minimum absolute atomic E-state index is 0.0162. The fraction of sp³-hybridized carbons (Fsp3) is 0.0769. The van der Waals surface area contributed by atoms with Crippen LogP contribution in [0.2, 0.25) is 0 Å². The van der Waals surface area contributed by atoms with Gasteiger partial charge in [-0.3, -0.25) is 14.9 Å². The van der Waals surface area contributed by atoms with Crippen LogP contribution in [0.5, 0.6) is 0 Å². The number of hydrogen-bond acceptors (Lipinski definition) is 6. The maximum Gasteiger partial charge on any atom is 0.292 e. The smallest absolute Gasteiger partial charge is 0.292 e. The number of benzene rings is 1. The number of rotatable bonds is 4. The molecule has 0 aliphatic rings. The zero-order valence-electron chi connectivity index (χ0n) is 11.1. The first-order valence-corrected chi connectivity index (χ1v) is 7.09. The fourth-order valence-corrected chi connectivity index (χ4v) is 1.98. The summed E-state index contributed by atoms with van der Waals surface area (Å²) in [5.74, 6) is -0.461. The van der Waals surface area contributed by atoms with E-state index in [2.05, 4.69) is 10.3 Å². The molecule has 108 valence electrons. The molecule has 2 rings (SSSR count). The number of hydrogen-bond donors (Lipinski definition) is 2. The molecular weight excluding hydrogens is 292 g/mol. The summed E-state index contributed by atoms with van der Waals surface area (Å²) >= 11 is 1.49. The van der Waals surface area contributed by atoms with Gasteiger partial charge in [-0.05, 0) is 30.5 Å². The number of carbonyl (C=O) groups is 1. The number of anilines is 2. The summed E-state index contributed by atoms with van der Waals surface area (Å²) in [5.41, 5.74) is 5.88. The van der Waals surface area contributed by atoms with Crippen LogP contribution in [0.3, 0.4) is 0 Å². The second-order valence-electron chi connectivity index (χ2n) is 4.07. The molecule has 3 N–H and O–H groups in total. The highest BCUT2D eigenvalue weighted by molar-refractivity contribution is 7.98. The number of nitrogens with one attached hydrogen (secondary N) is 1. The Morgan fingerprint density at radius 2 is 2.14 bits per heavy atom. The third kappa shape index (κ3) is 3.48. The van der Waals surface area contributed by atoms with Gasteiger partial charge in [0, 0.05) is 11.6 Å². The Labute approximate surface area is 124 Å². The van der Waals surface area contributed by atoms with Crippen molar-refractivity contribution >= 4 is 34.7 Å². The maximum absolute atomic E-state index is 12.0. The highest BCUT2D eigenvalue weighted by Gasteiger charge is 2.15. The number of nitro benzene ring substituents is 1. The quantitative estimate of drug-likeness (QED) is 0.388. The number of nitrogens with two attached hydrogens (primary N) is 1. The van der Waals surface area contributed by atoms with Crippen LogP contribution in [0.25, 0.3) is 0 Å². The molecule has 0 saturated heterocycles. The van der Waals surface area contributed by atoms with Gasteiger partial charge in [0.15, 0.2) is 0 Å². The molecule has 0 bridgehead atoms. The molecule has 1 aromatic carbocycles. The van der Waals surface area contributed by atoms with Crippen molar-refractivity contribution in [3.05, 3.63) is 52.2 Å². The predicted octanol–water partition coefficient (Wildman–Crippen LogP) is 2.55.